The van der Waals surface area contributed by atoms with Crippen LogP contribution >= 0.6 is 11.6 Å². The van der Waals surface area contributed by atoms with Gasteiger partial charge in [0.2, 0.25) is 0 Å². The van der Waals surface area contributed by atoms with Gasteiger partial charge in [-0.15, -0.1) is 0 Å². The number of ether oxygens (including phenoxy) is 1. The van der Waals surface area contributed by atoms with Crippen molar-refractivity contribution in [2.24, 2.45) is 0 Å². The summed E-state index contributed by atoms with van der Waals surface area (Å²) in [7, 11) is 0. The van der Waals surface area contributed by atoms with Crippen molar-refractivity contribution in [3.05, 3.63) is 63.5 Å². The summed E-state index contributed by atoms with van der Waals surface area (Å²) in [4.78, 5) is 32.9. The molecule has 0 bridgehead atoms. The number of rotatable bonds is 4. The van der Waals surface area contributed by atoms with E-state index in [-0.39, 0.29) is 17.7 Å². The van der Waals surface area contributed by atoms with Gasteiger partial charge in [-0.2, -0.15) is 0 Å². The topological polar surface area (TPSA) is 87.3 Å². The van der Waals surface area contributed by atoms with Gasteiger partial charge in [-0.05, 0) is 37.3 Å². The minimum atomic E-state index is -0.372. The van der Waals surface area contributed by atoms with Crippen LogP contribution in [-0.2, 0) is 4.74 Å². The van der Waals surface area contributed by atoms with Crippen LogP contribution in [0.1, 0.15) is 18.5 Å². The molecule has 0 saturated carbocycles. The van der Waals surface area contributed by atoms with E-state index in [2.05, 4.69) is 15.3 Å². The van der Waals surface area contributed by atoms with E-state index < -0.39 is 0 Å². The first-order valence-corrected chi connectivity index (χ1v) is 8.88. The first-order chi connectivity index (χ1) is 13.0. The number of carbonyl (C=O) groups is 1. The highest BCUT2D eigenvalue weighted by atomic mass is 35.5. The zero-order valence-corrected chi connectivity index (χ0v) is 15.3. The van der Waals surface area contributed by atoms with Gasteiger partial charge in [0.1, 0.15) is 12.4 Å². The lowest BCUT2D eigenvalue weighted by Gasteiger charge is -2.17. The van der Waals surface area contributed by atoms with Crippen molar-refractivity contribution in [2.75, 3.05) is 23.4 Å². The van der Waals surface area contributed by atoms with E-state index in [1.165, 1.54) is 0 Å². The maximum absolute atomic E-state index is 12.5. The van der Waals surface area contributed by atoms with Gasteiger partial charge in [0.05, 0.1) is 18.3 Å². The number of aromatic nitrogens is 2. The second-order valence-corrected chi connectivity index (χ2v) is 6.75. The van der Waals surface area contributed by atoms with Gasteiger partial charge < -0.3 is 15.0 Å². The van der Waals surface area contributed by atoms with E-state index in [1.54, 1.807) is 41.4 Å². The molecule has 1 atom stereocenters. The van der Waals surface area contributed by atoms with Crippen LogP contribution in [0.15, 0.2) is 47.4 Å². The minimum absolute atomic E-state index is 0.177. The van der Waals surface area contributed by atoms with Gasteiger partial charge in [-0.1, -0.05) is 11.6 Å². The fourth-order valence-corrected chi connectivity index (χ4v) is 3.29. The Morgan fingerprint density at radius 3 is 2.89 bits per heavy atom. The number of pyridine rings is 2. The first kappa shape index (κ1) is 17.4. The number of aromatic amines is 1. The molecule has 8 heteroatoms. The third kappa shape index (κ3) is 3.46. The average molecular weight is 385 g/mol. The third-order valence-corrected chi connectivity index (χ3v) is 4.72. The summed E-state index contributed by atoms with van der Waals surface area (Å²) in [5.41, 5.74) is 1.82. The summed E-state index contributed by atoms with van der Waals surface area (Å²) in [5, 5.41) is 4.67. The van der Waals surface area contributed by atoms with Crippen LogP contribution in [0.3, 0.4) is 0 Å². The van der Waals surface area contributed by atoms with Crippen molar-refractivity contribution in [3.63, 3.8) is 0 Å². The number of H-pyrrole nitrogens is 1. The molecule has 0 unspecified atom stereocenters. The van der Waals surface area contributed by atoms with Crippen molar-refractivity contribution in [1.29, 1.82) is 0 Å². The zero-order valence-electron chi connectivity index (χ0n) is 14.5. The van der Waals surface area contributed by atoms with Gasteiger partial charge in [-0.25, -0.2) is 9.78 Å². The number of hydrogen-bond acceptors (Lipinski definition) is 5. The van der Waals surface area contributed by atoms with Crippen LogP contribution < -0.4 is 15.8 Å². The van der Waals surface area contributed by atoms with Crippen molar-refractivity contribution in [1.82, 2.24) is 9.97 Å². The molecule has 27 heavy (non-hydrogen) atoms. The minimum Gasteiger partial charge on any atom is -0.447 e. The molecule has 1 amide bonds. The third-order valence-electron chi connectivity index (χ3n) is 4.48. The molecule has 7 nitrogen and oxygen atoms in total. The molecule has 1 aromatic carbocycles. The van der Waals surface area contributed by atoms with Crippen LogP contribution in [0.5, 0.6) is 0 Å². The molecule has 1 saturated heterocycles. The fourth-order valence-electron chi connectivity index (χ4n) is 3.11. The van der Waals surface area contributed by atoms with Gasteiger partial charge in [0, 0.05) is 33.8 Å². The summed E-state index contributed by atoms with van der Waals surface area (Å²) < 4.78 is 4.97. The Morgan fingerprint density at radius 1 is 1.26 bits per heavy atom. The lowest BCUT2D eigenvalue weighted by Crippen LogP contribution is -2.24. The van der Waals surface area contributed by atoms with Crippen molar-refractivity contribution < 1.29 is 9.53 Å². The Balaban J connectivity index is 1.61. The van der Waals surface area contributed by atoms with Crippen LogP contribution in [0, 0.1) is 0 Å². The standard InChI is InChI=1S/C19H17ClN4O3/c1-11(15-9-12-8-13(20)2-3-16(12)23-18(15)25)22-17-10-14(4-5-21-17)24-6-7-27-19(24)26/h2-5,8-11H,6-7H2,1H3,(H,21,22)(H,23,25)/t11-/m0/s1. The molecule has 2 N–H and O–H groups in total. The second kappa shape index (κ2) is 6.92. The van der Waals surface area contributed by atoms with Crippen LogP contribution in [-0.4, -0.2) is 29.2 Å². The molecule has 138 valence electrons. The fraction of sp³-hybridized carbons (Fsp3) is 0.211. The molecule has 1 fully saturated rings. The first-order valence-electron chi connectivity index (χ1n) is 8.50. The number of cyclic esters (lactones) is 1. The number of carbonyl (C=O) groups excluding carboxylic acids is 1. The van der Waals surface area contributed by atoms with E-state index in [0.29, 0.717) is 35.2 Å². The molecule has 1 aliphatic rings. The predicted molar refractivity (Wildman–Crippen MR) is 105 cm³/mol. The summed E-state index contributed by atoms with van der Waals surface area (Å²) in [6, 6.07) is 10.3. The van der Waals surface area contributed by atoms with Gasteiger partial charge in [-0.3, -0.25) is 9.69 Å². The molecule has 4 rings (SSSR count). The Labute approximate surface area is 159 Å². The molecule has 0 spiro atoms. The van der Waals surface area contributed by atoms with E-state index in [1.807, 2.05) is 13.0 Å². The van der Waals surface area contributed by atoms with E-state index in [4.69, 9.17) is 16.3 Å². The number of anilines is 2. The van der Waals surface area contributed by atoms with E-state index in [0.717, 1.165) is 10.9 Å². The number of nitrogens with one attached hydrogen (secondary N) is 2. The zero-order chi connectivity index (χ0) is 19.0. The second-order valence-electron chi connectivity index (χ2n) is 6.32. The van der Waals surface area contributed by atoms with Gasteiger partial charge >= 0.3 is 6.09 Å². The SMILES string of the molecule is C[C@H](Nc1cc(N2CCOC2=O)ccn1)c1cc2cc(Cl)ccc2[nH]c1=O. The number of fused-ring (bicyclic) bond motifs is 1. The summed E-state index contributed by atoms with van der Waals surface area (Å²) in [6.07, 6.45) is 1.24. The largest absolute Gasteiger partial charge is 0.447 e. The lowest BCUT2D eigenvalue weighted by atomic mass is 10.1. The van der Waals surface area contributed by atoms with Gasteiger partial charge in [0.25, 0.3) is 5.56 Å². The normalized spacial score (nSPS) is 15.0. The summed E-state index contributed by atoms with van der Waals surface area (Å²) in [6.45, 7) is 2.75. The molecule has 2 aromatic heterocycles. The molecule has 0 radical (unpaired) electrons. The Morgan fingerprint density at radius 2 is 2.11 bits per heavy atom. The monoisotopic (exact) mass is 384 g/mol. The smallest absolute Gasteiger partial charge is 0.414 e. The average Bonchev–Trinajstić information content (AvgIpc) is 3.07. The highest BCUT2D eigenvalue weighted by molar-refractivity contribution is 6.31. The number of nitrogens with zero attached hydrogens (tertiary/aromatic N) is 2. The lowest BCUT2D eigenvalue weighted by molar-refractivity contribution is 0.181. The molecular weight excluding hydrogens is 368 g/mol. The van der Waals surface area contributed by atoms with Gasteiger partial charge in [0.15, 0.2) is 0 Å². The van der Waals surface area contributed by atoms with Crippen molar-refractivity contribution in [3.8, 4) is 0 Å². The highest BCUT2D eigenvalue weighted by Gasteiger charge is 2.24. The molecule has 3 heterocycles. The van der Waals surface area contributed by atoms with E-state index in [9.17, 15) is 9.59 Å². The molecular formula is C19H17ClN4O3. The Kier molecular flexibility index (Phi) is 4.45. The highest BCUT2D eigenvalue weighted by Crippen LogP contribution is 2.24. The number of amides is 1. The Bertz CT molecular complexity index is 1080. The molecule has 3 aromatic rings. The van der Waals surface area contributed by atoms with Crippen LogP contribution in [0.25, 0.3) is 10.9 Å². The van der Waals surface area contributed by atoms with E-state index >= 15 is 0 Å². The Hall–Kier alpha value is -3.06. The van der Waals surface area contributed by atoms with Crippen molar-refractivity contribution in [2.45, 2.75) is 13.0 Å². The van der Waals surface area contributed by atoms with Crippen LogP contribution in [0.4, 0.5) is 16.3 Å². The summed E-state index contributed by atoms with van der Waals surface area (Å²) >= 11 is 6.05. The quantitative estimate of drug-likeness (QED) is 0.716. The maximum atomic E-state index is 12.5. The van der Waals surface area contributed by atoms with Crippen molar-refractivity contribution >= 4 is 40.1 Å². The predicted octanol–water partition coefficient (Wildman–Crippen LogP) is 3.71. The number of halogens is 1. The summed E-state index contributed by atoms with van der Waals surface area (Å²) in [5.74, 6) is 0.560. The number of hydrogen-bond donors (Lipinski definition) is 2. The molecule has 0 aliphatic carbocycles. The maximum Gasteiger partial charge on any atom is 0.414 e. The molecule has 1 aliphatic heterocycles. The van der Waals surface area contributed by atoms with Crippen LogP contribution in [0.2, 0.25) is 5.02 Å². The number of benzene rings is 1.